The first kappa shape index (κ1) is 23.5. The summed E-state index contributed by atoms with van der Waals surface area (Å²) in [5, 5.41) is 0. The Hall–Kier alpha value is -2.14. The van der Waals surface area contributed by atoms with Gasteiger partial charge in [-0.1, -0.05) is 54.2 Å². The first-order chi connectivity index (χ1) is 14.7. The number of para-hydroxylation sites is 1. The Morgan fingerprint density at radius 2 is 1.48 bits per heavy atom. The van der Waals surface area contributed by atoms with Gasteiger partial charge >= 0.3 is 0 Å². The highest BCUT2D eigenvalue weighted by Gasteiger charge is 2.20. The molecule has 1 aliphatic heterocycles. The standard InChI is InChI=1S/C26H30N2OS.ClH/c1-20-9-8-11-23(21(20)2)28-17-15-27(16-18-28)19-22-10-4-6-13-25(22)30-26-14-7-5-12-24(26)29-3;/h4-14H,15-19H2,1-3H3;1H. The van der Waals surface area contributed by atoms with Gasteiger partial charge in [0.25, 0.3) is 0 Å². The second-order valence-electron chi connectivity index (χ2n) is 7.84. The predicted molar refractivity (Wildman–Crippen MR) is 134 cm³/mol. The van der Waals surface area contributed by atoms with Gasteiger partial charge < -0.3 is 9.64 Å². The molecule has 0 saturated carbocycles. The van der Waals surface area contributed by atoms with E-state index >= 15 is 0 Å². The molecular formula is C26H31ClN2OS. The van der Waals surface area contributed by atoms with E-state index in [0.717, 1.165) is 43.4 Å². The third-order valence-corrected chi connectivity index (χ3v) is 7.12. The van der Waals surface area contributed by atoms with Gasteiger partial charge in [0.05, 0.1) is 12.0 Å². The number of hydrogen-bond acceptors (Lipinski definition) is 4. The van der Waals surface area contributed by atoms with Crippen LogP contribution in [0.2, 0.25) is 0 Å². The molecule has 3 aromatic rings. The molecule has 0 spiro atoms. The van der Waals surface area contributed by atoms with Crippen molar-refractivity contribution in [2.45, 2.75) is 30.2 Å². The van der Waals surface area contributed by atoms with E-state index in [9.17, 15) is 0 Å². The molecule has 1 fully saturated rings. The minimum Gasteiger partial charge on any atom is -0.496 e. The number of hydrogen-bond donors (Lipinski definition) is 0. The average Bonchev–Trinajstić information content (AvgIpc) is 2.78. The minimum atomic E-state index is 0. The van der Waals surface area contributed by atoms with Gasteiger partial charge in [0, 0.05) is 43.3 Å². The fourth-order valence-corrected chi connectivity index (χ4v) is 5.07. The zero-order valence-corrected chi connectivity index (χ0v) is 20.1. The SMILES string of the molecule is COc1ccccc1Sc1ccccc1CN1CCN(c2cccc(C)c2C)CC1.Cl. The number of benzene rings is 3. The quantitative estimate of drug-likeness (QED) is 0.440. The van der Waals surface area contributed by atoms with Crippen LogP contribution in [0.3, 0.4) is 0 Å². The maximum Gasteiger partial charge on any atom is 0.132 e. The van der Waals surface area contributed by atoms with E-state index in [-0.39, 0.29) is 12.4 Å². The van der Waals surface area contributed by atoms with Crippen molar-refractivity contribution in [1.29, 1.82) is 0 Å². The van der Waals surface area contributed by atoms with Crippen LogP contribution in [-0.2, 0) is 6.54 Å². The van der Waals surface area contributed by atoms with Crippen LogP contribution in [0.25, 0.3) is 0 Å². The highest BCUT2D eigenvalue weighted by Crippen LogP contribution is 2.36. The van der Waals surface area contributed by atoms with Crippen LogP contribution in [0.1, 0.15) is 16.7 Å². The Bertz CT molecular complexity index is 1000. The molecule has 1 aliphatic rings. The number of piperazine rings is 1. The lowest BCUT2D eigenvalue weighted by Crippen LogP contribution is -2.46. The van der Waals surface area contributed by atoms with Crippen molar-refractivity contribution in [1.82, 2.24) is 4.90 Å². The summed E-state index contributed by atoms with van der Waals surface area (Å²) in [6.45, 7) is 9.74. The third kappa shape index (κ3) is 5.57. The lowest BCUT2D eigenvalue weighted by Gasteiger charge is -2.37. The Morgan fingerprint density at radius 3 is 2.23 bits per heavy atom. The van der Waals surface area contributed by atoms with E-state index in [1.165, 1.54) is 27.3 Å². The van der Waals surface area contributed by atoms with Crippen molar-refractivity contribution in [2.24, 2.45) is 0 Å². The van der Waals surface area contributed by atoms with Crippen molar-refractivity contribution in [3.63, 3.8) is 0 Å². The lowest BCUT2D eigenvalue weighted by molar-refractivity contribution is 0.248. The first-order valence-corrected chi connectivity index (χ1v) is 11.4. The number of anilines is 1. The zero-order valence-electron chi connectivity index (χ0n) is 18.5. The molecule has 3 aromatic carbocycles. The molecule has 0 amide bonds. The summed E-state index contributed by atoms with van der Waals surface area (Å²) >= 11 is 1.79. The Labute approximate surface area is 196 Å². The molecular weight excluding hydrogens is 424 g/mol. The van der Waals surface area contributed by atoms with Gasteiger partial charge in [-0.05, 0) is 54.8 Å². The number of rotatable bonds is 6. The minimum absolute atomic E-state index is 0. The van der Waals surface area contributed by atoms with E-state index in [1.807, 2.05) is 12.1 Å². The van der Waals surface area contributed by atoms with Crippen LogP contribution >= 0.6 is 24.2 Å². The van der Waals surface area contributed by atoms with E-state index in [0.29, 0.717) is 0 Å². The van der Waals surface area contributed by atoms with E-state index < -0.39 is 0 Å². The molecule has 0 atom stereocenters. The summed E-state index contributed by atoms with van der Waals surface area (Å²) in [6.07, 6.45) is 0. The van der Waals surface area contributed by atoms with Crippen LogP contribution in [0, 0.1) is 13.8 Å². The predicted octanol–water partition coefficient (Wildman–Crippen LogP) is 6.21. The molecule has 3 nitrogen and oxygen atoms in total. The van der Waals surface area contributed by atoms with E-state index in [4.69, 9.17) is 4.74 Å². The fourth-order valence-electron chi connectivity index (χ4n) is 4.02. The van der Waals surface area contributed by atoms with Gasteiger partial charge in [-0.3, -0.25) is 4.90 Å². The van der Waals surface area contributed by atoms with Crippen molar-refractivity contribution >= 4 is 29.9 Å². The molecule has 1 heterocycles. The second-order valence-corrected chi connectivity index (χ2v) is 8.93. The van der Waals surface area contributed by atoms with E-state index in [1.54, 1.807) is 18.9 Å². The largest absolute Gasteiger partial charge is 0.496 e. The number of aryl methyl sites for hydroxylation is 1. The van der Waals surface area contributed by atoms with Crippen molar-refractivity contribution in [2.75, 3.05) is 38.2 Å². The maximum atomic E-state index is 5.54. The van der Waals surface area contributed by atoms with Crippen LogP contribution in [0.5, 0.6) is 5.75 Å². The van der Waals surface area contributed by atoms with Crippen LogP contribution in [0.4, 0.5) is 5.69 Å². The highest BCUT2D eigenvalue weighted by molar-refractivity contribution is 7.99. The third-order valence-electron chi connectivity index (χ3n) is 5.94. The van der Waals surface area contributed by atoms with Crippen LogP contribution in [-0.4, -0.2) is 38.2 Å². The smallest absolute Gasteiger partial charge is 0.132 e. The molecule has 1 saturated heterocycles. The maximum absolute atomic E-state index is 5.54. The average molecular weight is 455 g/mol. The van der Waals surface area contributed by atoms with Gasteiger partial charge in [0.15, 0.2) is 0 Å². The summed E-state index contributed by atoms with van der Waals surface area (Å²) < 4.78 is 5.54. The molecule has 0 radical (unpaired) electrons. The monoisotopic (exact) mass is 454 g/mol. The highest BCUT2D eigenvalue weighted by atomic mass is 35.5. The molecule has 4 rings (SSSR count). The zero-order chi connectivity index (χ0) is 20.9. The van der Waals surface area contributed by atoms with Crippen molar-refractivity contribution in [3.8, 4) is 5.75 Å². The molecule has 31 heavy (non-hydrogen) atoms. The van der Waals surface area contributed by atoms with Crippen LogP contribution < -0.4 is 9.64 Å². The van der Waals surface area contributed by atoms with Crippen molar-refractivity contribution in [3.05, 3.63) is 83.4 Å². The van der Waals surface area contributed by atoms with Gasteiger partial charge in [-0.25, -0.2) is 0 Å². The van der Waals surface area contributed by atoms with Gasteiger partial charge in [0.2, 0.25) is 0 Å². The number of halogens is 1. The molecule has 5 heteroatoms. The Balaban J connectivity index is 0.00000272. The van der Waals surface area contributed by atoms with E-state index in [2.05, 4.69) is 78.2 Å². The number of nitrogens with zero attached hydrogens (tertiary/aromatic N) is 2. The topological polar surface area (TPSA) is 15.7 Å². The summed E-state index contributed by atoms with van der Waals surface area (Å²) in [7, 11) is 1.74. The number of ether oxygens (including phenoxy) is 1. The van der Waals surface area contributed by atoms with Crippen molar-refractivity contribution < 1.29 is 4.74 Å². The summed E-state index contributed by atoms with van der Waals surface area (Å²) in [5.74, 6) is 0.930. The molecule has 0 unspecified atom stereocenters. The first-order valence-electron chi connectivity index (χ1n) is 10.6. The normalized spacial score (nSPS) is 14.2. The Morgan fingerprint density at radius 1 is 0.806 bits per heavy atom. The van der Waals surface area contributed by atoms with Gasteiger partial charge in [-0.2, -0.15) is 0 Å². The molecule has 0 aliphatic carbocycles. The summed E-state index contributed by atoms with van der Waals surface area (Å²) in [5.41, 5.74) is 5.55. The Kier molecular flexibility index (Phi) is 8.30. The number of methoxy groups -OCH3 is 1. The van der Waals surface area contributed by atoms with Gasteiger partial charge in [0.1, 0.15) is 5.75 Å². The fraction of sp³-hybridized carbons (Fsp3) is 0.308. The van der Waals surface area contributed by atoms with Crippen LogP contribution in [0.15, 0.2) is 76.5 Å². The summed E-state index contributed by atoms with van der Waals surface area (Å²) in [4.78, 5) is 7.57. The van der Waals surface area contributed by atoms with Gasteiger partial charge in [-0.15, -0.1) is 12.4 Å². The second kappa shape index (κ2) is 10.9. The molecule has 164 valence electrons. The summed E-state index contributed by atoms with van der Waals surface area (Å²) in [6, 6.07) is 23.6. The molecule has 0 N–H and O–H groups in total. The molecule has 0 bridgehead atoms. The molecule has 0 aromatic heterocycles. The lowest BCUT2D eigenvalue weighted by atomic mass is 10.1.